The van der Waals surface area contributed by atoms with Gasteiger partial charge in [-0.3, -0.25) is 0 Å². The van der Waals surface area contributed by atoms with Crippen LogP contribution in [0.25, 0.3) is 10.9 Å². The molecule has 7 nitrogen and oxygen atoms in total. The molecule has 0 atom stereocenters. The molecule has 1 heterocycles. The number of nitrogens with zero attached hydrogens (tertiary/aromatic N) is 3. The number of sulfonamides is 1. The molecule has 0 radical (unpaired) electrons. The molecule has 0 fully saturated rings. The van der Waals surface area contributed by atoms with Crippen LogP contribution in [0, 0.1) is 0 Å². The molecule has 2 aromatic carbocycles. The molecule has 0 aliphatic heterocycles. The van der Waals surface area contributed by atoms with Gasteiger partial charge in [0.25, 0.3) is 0 Å². The summed E-state index contributed by atoms with van der Waals surface area (Å²) in [6.07, 6.45) is 0. The van der Waals surface area contributed by atoms with Crippen LogP contribution >= 0.6 is 23.1 Å². The van der Waals surface area contributed by atoms with Crippen molar-refractivity contribution in [3.8, 4) is 5.75 Å². The van der Waals surface area contributed by atoms with Gasteiger partial charge in [-0.2, -0.15) is 4.37 Å². The average molecular weight is 369 g/mol. The molecule has 0 saturated heterocycles. The highest BCUT2D eigenvalue weighted by molar-refractivity contribution is 7.89. The predicted octanol–water partition coefficient (Wildman–Crippen LogP) is 3.72. The summed E-state index contributed by atoms with van der Waals surface area (Å²) in [4.78, 5) is -0.0191. The Morgan fingerprint density at radius 3 is 2.65 bits per heavy atom. The van der Waals surface area contributed by atoms with Crippen LogP contribution in [-0.4, -0.2) is 17.9 Å². The summed E-state index contributed by atoms with van der Waals surface area (Å²) in [5.41, 5.74) is 1.04. The minimum absolute atomic E-state index is 0.0191. The largest absolute Gasteiger partial charge is 0.506 e. The Bertz CT molecular complexity index is 1030. The lowest BCUT2D eigenvalue weighted by atomic mass is 10.2. The standard InChI is InChI=1S/C13H9ClN4O3S2/c14-10-5-7(1-4-12(10)19)16-17-13-9-6-8(23(15,20)21)2-3-11(9)18-22-13/h1-6,19H,(H2,15,20,21)/b17-16+. The Morgan fingerprint density at radius 1 is 1.17 bits per heavy atom. The van der Waals surface area contributed by atoms with Gasteiger partial charge < -0.3 is 5.11 Å². The number of primary sulfonamides is 1. The van der Waals surface area contributed by atoms with Gasteiger partial charge in [-0.25, -0.2) is 13.6 Å². The van der Waals surface area contributed by atoms with Crippen molar-refractivity contribution in [3.05, 3.63) is 41.4 Å². The molecule has 10 heteroatoms. The predicted molar refractivity (Wildman–Crippen MR) is 88.3 cm³/mol. The molecule has 3 rings (SSSR count). The fraction of sp³-hybridized carbons (Fsp3) is 0. The van der Waals surface area contributed by atoms with Crippen LogP contribution in [0.15, 0.2) is 51.5 Å². The van der Waals surface area contributed by atoms with E-state index >= 15 is 0 Å². The number of nitrogens with two attached hydrogens (primary N) is 1. The van der Waals surface area contributed by atoms with E-state index in [2.05, 4.69) is 14.6 Å². The molecular formula is C13H9ClN4O3S2. The summed E-state index contributed by atoms with van der Waals surface area (Å²) in [5.74, 6) is -0.0494. The van der Waals surface area contributed by atoms with Gasteiger partial charge in [-0.1, -0.05) is 11.6 Å². The summed E-state index contributed by atoms with van der Waals surface area (Å²) < 4.78 is 27.0. The number of phenolic OH excluding ortho intramolecular Hbond substituents is 1. The van der Waals surface area contributed by atoms with Gasteiger partial charge in [0, 0.05) is 5.39 Å². The van der Waals surface area contributed by atoms with E-state index < -0.39 is 10.0 Å². The normalized spacial score (nSPS) is 12.3. The number of benzene rings is 2. The first-order valence-electron chi connectivity index (χ1n) is 6.17. The number of aromatic hydroxyl groups is 1. The number of azo groups is 1. The first-order valence-corrected chi connectivity index (χ1v) is 8.87. The quantitative estimate of drug-likeness (QED) is 0.684. The van der Waals surface area contributed by atoms with Crippen molar-refractivity contribution in [2.75, 3.05) is 0 Å². The average Bonchev–Trinajstić information content (AvgIpc) is 2.90. The maximum atomic E-state index is 11.4. The molecule has 3 N–H and O–H groups in total. The van der Waals surface area contributed by atoms with Crippen LogP contribution in [-0.2, 0) is 10.0 Å². The zero-order valence-electron chi connectivity index (χ0n) is 11.3. The number of hydrogen-bond acceptors (Lipinski definition) is 7. The Hall–Kier alpha value is -2.07. The minimum Gasteiger partial charge on any atom is -0.506 e. The molecule has 0 spiro atoms. The Kier molecular flexibility index (Phi) is 4.02. The fourth-order valence-electron chi connectivity index (χ4n) is 1.82. The van der Waals surface area contributed by atoms with Gasteiger partial charge in [0.2, 0.25) is 10.0 Å². The maximum absolute atomic E-state index is 11.4. The Balaban J connectivity index is 2.02. The number of fused-ring (bicyclic) bond motifs is 1. The van der Waals surface area contributed by atoms with Gasteiger partial charge in [0.15, 0.2) is 5.00 Å². The van der Waals surface area contributed by atoms with Crippen LogP contribution in [0.1, 0.15) is 0 Å². The van der Waals surface area contributed by atoms with Crippen molar-refractivity contribution >= 4 is 54.7 Å². The van der Waals surface area contributed by atoms with E-state index in [1.165, 1.54) is 24.3 Å². The maximum Gasteiger partial charge on any atom is 0.238 e. The second-order valence-electron chi connectivity index (χ2n) is 4.55. The molecule has 0 unspecified atom stereocenters. The van der Waals surface area contributed by atoms with E-state index in [9.17, 15) is 13.5 Å². The lowest BCUT2D eigenvalue weighted by molar-refractivity contribution is 0.475. The molecule has 1 aromatic heterocycles. The first kappa shape index (κ1) is 15.8. The van der Waals surface area contributed by atoms with Crippen LogP contribution in [0.3, 0.4) is 0 Å². The van der Waals surface area contributed by atoms with Gasteiger partial charge in [-0.05, 0) is 47.9 Å². The van der Waals surface area contributed by atoms with Gasteiger partial charge in [0.05, 0.1) is 21.1 Å². The zero-order valence-corrected chi connectivity index (χ0v) is 13.7. The number of hydrogen-bond donors (Lipinski definition) is 2. The van der Waals surface area contributed by atoms with Gasteiger partial charge in [-0.15, -0.1) is 10.2 Å². The van der Waals surface area contributed by atoms with Crippen LogP contribution in [0.5, 0.6) is 5.75 Å². The third-order valence-electron chi connectivity index (χ3n) is 2.94. The lowest BCUT2D eigenvalue weighted by Crippen LogP contribution is -2.11. The monoisotopic (exact) mass is 368 g/mol. The van der Waals surface area contributed by atoms with Crippen molar-refractivity contribution in [3.63, 3.8) is 0 Å². The minimum atomic E-state index is -3.81. The van der Waals surface area contributed by atoms with Gasteiger partial charge in [0.1, 0.15) is 5.75 Å². The summed E-state index contributed by atoms with van der Waals surface area (Å²) in [7, 11) is -3.81. The first-order chi connectivity index (χ1) is 10.8. The number of aromatic nitrogens is 1. The molecule has 0 aliphatic carbocycles. The van der Waals surface area contributed by atoms with E-state index in [4.69, 9.17) is 16.7 Å². The van der Waals surface area contributed by atoms with Crippen molar-refractivity contribution in [1.82, 2.24) is 4.37 Å². The topological polar surface area (TPSA) is 118 Å². The molecular weight excluding hydrogens is 360 g/mol. The number of halogens is 1. The van der Waals surface area contributed by atoms with Crippen molar-refractivity contribution in [1.29, 1.82) is 0 Å². The summed E-state index contributed by atoms with van der Waals surface area (Å²) >= 11 is 6.88. The van der Waals surface area contributed by atoms with E-state index in [0.29, 0.717) is 21.6 Å². The lowest BCUT2D eigenvalue weighted by Gasteiger charge is -1.98. The molecule has 0 saturated carbocycles. The van der Waals surface area contributed by atoms with Crippen molar-refractivity contribution < 1.29 is 13.5 Å². The second kappa shape index (κ2) is 5.85. The van der Waals surface area contributed by atoms with Crippen molar-refractivity contribution in [2.45, 2.75) is 4.90 Å². The molecule has 118 valence electrons. The van der Waals surface area contributed by atoms with Crippen LogP contribution < -0.4 is 5.14 Å². The van der Waals surface area contributed by atoms with Crippen LogP contribution in [0.4, 0.5) is 10.7 Å². The molecule has 0 aliphatic rings. The highest BCUT2D eigenvalue weighted by Crippen LogP contribution is 2.34. The molecule has 3 aromatic rings. The Morgan fingerprint density at radius 2 is 1.96 bits per heavy atom. The third-order valence-corrected chi connectivity index (χ3v) is 4.92. The highest BCUT2D eigenvalue weighted by Gasteiger charge is 2.12. The Labute approximate surface area is 140 Å². The smallest absolute Gasteiger partial charge is 0.238 e. The number of rotatable bonds is 3. The van der Waals surface area contributed by atoms with Crippen LogP contribution in [0.2, 0.25) is 5.02 Å². The van der Waals surface area contributed by atoms with E-state index in [-0.39, 0.29) is 15.7 Å². The van der Waals surface area contributed by atoms with E-state index in [1.807, 2.05) is 0 Å². The molecule has 0 amide bonds. The SMILES string of the molecule is NS(=O)(=O)c1ccc2nsc(/N=N/c3ccc(O)c(Cl)c3)c2c1. The summed E-state index contributed by atoms with van der Waals surface area (Å²) in [6.45, 7) is 0. The number of phenols is 1. The van der Waals surface area contributed by atoms with Gasteiger partial charge >= 0.3 is 0 Å². The third kappa shape index (κ3) is 3.32. The zero-order chi connectivity index (χ0) is 16.6. The molecule has 0 bridgehead atoms. The fourth-order valence-corrected chi connectivity index (χ4v) is 3.22. The van der Waals surface area contributed by atoms with E-state index in [1.54, 1.807) is 12.1 Å². The van der Waals surface area contributed by atoms with E-state index in [0.717, 1.165) is 11.5 Å². The molecule has 23 heavy (non-hydrogen) atoms. The highest BCUT2D eigenvalue weighted by atomic mass is 35.5. The summed E-state index contributed by atoms with van der Waals surface area (Å²) in [6, 6.07) is 8.76. The summed E-state index contributed by atoms with van der Waals surface area (Å²) in [5, 5.41) is 23.7. The van der Waals surface area contributed by atoms with Crippen molar-refractivity contribution in [2.24, 2.45) is 15.4 Å². The second-order valence-corrected chi connectivity index (χ2v) is 7.27.